The van der Waals surface area contributed by atoms with E-state index in [1.54, 1.807) is 24.4 Å². The molecular formula is C19H23FN4O2. The molecule has 6 nitrogen and oxygen atoms in total. The van der Waals surface area contributed by atoms with Crippen molar-refractivity contribution in [2.45, 2.75) is 6.42 Å². The van der Waals surface area contributed by atoms with E-state index in [2.05, 4.69) is 20.5 Å². The Morgan fingerprint density at radius 2 is 1.92 bits per heavy atom. The summed E-state index contributed by atoms with van der Waals surface area (Å²) in [5.74, 6) is 0.000472. The molecule has 0 radical (unpaired) electrons. The summed E-state index contributed by atoms with van der Waals surface area (Å²) in [7, 11) is 0. The zero-order chi connectivity index (χ0) is 18.2. The molecular weight excluding hydrogens is 335 g/mol. The number of anilines is 2. The number of ether oxygens (including phenoxy) is 1. The van der Waals surface area contributed by atoms with Crippen LogP contribution in [-0.4, -0.2) is 55.2 Å². The minimum Gasteiger partial charge on any atom is -0.383 e. The van der Waals surface area contributed by atoms with E-state index in [1.165, 1.54) is 12.1 Å². The van der Waals surface area contributed by atoms with E-state index >= 15 is 0 Å². The number of benzene rings is 1. The van der Waals surface area contributed by atoms with Crippen molar-refractivity contribution in [1.29, 1.82) is 0 Å². The van der Waals surface area contributed by atoms with Crippen LogP contribution in [0.15, 0.2) is 42.6 Å². The third-order valence-electron chi connectivity index (χ3n) is 4.17. The molecule has 0 unspecified atom stereocenters. The van der Waals surface area contributed by atoms with Gasteiger partial charge in [-0.2, -0.15) is 0 Å². The van der Waals surface area contributed by atoms with Crippen LogP contribution in [0.5, 0.6) is 0 Å². The fourth-order valence-electron chi connectivity index (χ4n) is 2.73. The molecule has 7 heteroatoms. The molecule has 0 spiro atoms. The summed E-state index contributed by atoms with van der Waals surface area (Å²) < 4.78 is 18.2. The maximum Gasteiger partial charge on any atom is 0.229 e. The molecule has 3 rings (SSSR count). The molecule has 1 aromatic heterocycles. The van der Waals surface area contributed by atoms with E-state index in [-0.39, 0.29) is 18.1 Å². The highest BCUT2D eigenvalue weighted by molar-refractivity contribution is 5.91. The fraction of sp³-hybridized carbons (Fsp3) is 0.368. The minimum atomic E-state index is -0.312. The molecule has 2 aromatic rings. The number of nitrogens with one attached hydrogen (secondary N) is 2. The zero-order valence-electron chi connectivity index (χ0n) is 14.6. The molecule has 1 fully saturated rings. The van der Waals surface area contributed by atoms with Gasteiger partial charge in [-0.1, -0.05) is 12.1 Å². The van der Waals surface area contributed by atoms with Gasteiger partial charge >= 0.3 is 0 Å². The normalized spacial score (nSPS) is 14.8. The first-order valence-electron chi connectivity index (χ1n) is 8.73. The van der Waals surface area contributed by atoms with Crippen LogP contribution in [0.1, 0.15) is 5.56 Å². The Morgan fingerprint density at radius 1 is 1.15 bits per heavy atom. The highest BCUT2D eigenvalue weighted by Crippen LogP contribution is 2.11. The molecule has 2 heterocycles. The maximum absolute atomic E-state index is 12.9. The van der Waals surface area contributed by atoms with Gasteiger partial charge < -0.3 is 15.4 Å². The largest absolute Gasteiger partial charge is 0.383 e. The topological polar surface area (TPSA) is 66.5 Å². The Kier molecular flexibility index (Phi) is 6.51. The third kappa shape index (κ3) is 5.79. The number of morpholine rings is 1. The van der Waals surface area contributed by atoms with Crippen molar-refractivity contribution in [2.75, 3.05) is 50.0 Å². The first kappa shape index (κ1) is 18.3. The van der Waals surface area contributed by atoms with Crippen LogP contribution in [0.4, 0.5) is 15.9 Å². The van der Waals surface area contributed by atoms with Gasteiger partial charge in [-0.05, 0) is 29.8 Å². The van der Waals surface area contributed by atoms with Crippen molar-refractivity contribution in [3.8, 4) is 0 Å². The Balaban J connectivity index is 1.41. The molecule has 138 valence electrons. The van der Waals surface area contributed by atoms with Gasteiger partial charge in [0.1, 0.15) is 11.6 Å². The van der Waals surface area contributed by atoms with Crippen LogP contribution in [0.25, 0.3) is 0 Å². The van der Waals surface area contributed by atoms with E-state index in [1.807, 2.05) is 6.07 Å². The molecule has 26 heavy (non-hydrogen) atoms. The van der Waals surface area contributed by atoms with Crippen molar-refractivity contribution >= 4 is 17.4 Å². The van der Waals surface area contributed by atoms with Gasteiger partial charge in [-0.3, -0.25) is 9.69 Å². The van der Waals surface area contributed by atoms with E-state index in [9.17, 15) is 9.18 Å². The molecule has 1 amide bonds. The molecule has 1 saturated heterocycles. The van der Waals surface area contributed by atoms with Crippen molar-refractivity contribution in [3.63, 3.8) is 0 Å². The average Bonchev–Trinajstić information content (AvgIpc) is 2.66. The first-order chi connectivity index (χ1) is 12.7. The van der Waals surface area contributed by atoms with Crippen LogP contribution >= 0.6 is 0 Å². The first-order valence-corrected chi connectivity index (χ1v) is 8.73. The number of hydrogen-bond donors (Lipinski definition) is 2. The second-order valence-electron chi connectivity index (χ2n) is 6.16. The smallest absolute Gasteiger partial charge is 0.229 e. The van der Waals surface area contributed by atoms with Crippen LogP contribution in [0, 0.1) is 5.82 Å². The monoisotopic (exact) mass is 358 g/mol. The number of carbonyl (C=O) groups excluding carboxylic acids is 1. The van der Waals surface area contributed by atoms with Crippen LogP contribution < -0.4 is 10.6 Å². The lowest BCUT2D eigenvalue weighted by molar-refractivity contribution is -0.115. The number of halogens is 1. The van der Waals surface area contributed by atoms with Crippen LogP contribution in [-0.2, 0) is 16.0 Å². The Bertz CT molecular complexity index is 700. The zero-order valence-corrected chi connectivity index (χ0v) is 14.6. The predicted molar refractivity (Wildman–Crippen MR) is 98.7 cm³/mol. The predicted octanol–water partition coefficient (Wildman–Crippen LogP) is 2.15. The van der Waals surface area contributed by atoms with Crippen LogP contribution in [0.3, 0.4) is 0 Å². The Hall–Kier alpha value is -2.51. The van der Waals surface area contributed by atoms with Crippen molar-refractivity contribution in [2.24, 2.45) is 0 Å². The lowest BCUT2D eigenvalue weighted by Gasteiger charge is -2.26. The third-order valence-corrected chi connectivity index (χ3v) is 4.17. The Labute approximate surface area is 152 Å². The number of carbonyl (C=O) groups is 1. The van der Waals surface area contributed by atoms with E-state index < -0.39 is 0 Å². The minimum absolute atomic E-state index is 0.182. The van der Waals surface area contributed by atoms with Gasteiger partial charge in [0.05, 0.1) is 31.5 Å². The average molecular weight is 358 g/mol. The van der Waals surface area contributed by atoms with E-state index in [0.29, 0.717) is 5.82 Å². The molecule has 1 aromatic carbocycles. The summed E-state index contributed by atoms with van der Waals surface area (Å²) in [6.07, 6.45) is 1.88. The number of amides is 1. The molecule has 0 bridgehead atoms. The Morgan fingerprint density at radius 3 is 2.62 bits per heavy atom. The SMILES string of the molecule is O=C(Cc1ccc(F)cc1)Nc1ccc(NCCN2CCOCC2)cn1. The fourth-order valence-corrected chi connectivity index (χ4v) is 2.73. The standard InChI is InChI=1S/C19H23FN4O2/c20-16-3-1-15(2-4-16)13-19(25)23-18-6-5-17(14-22-18)21-7-8-24-9-11-26-12-10-24/h1-6,14,21H,7-13H2,(H,22,23,25). The number of pyridine rings is 1. The van der Waals surface area contributed by atoms with Crippen molar-refractivity contribution in [1.82, 2.24) is 9.88 Å². The maximum atomic E-state index is 12.9. The highest BCUT2D eigenvalue weighted by atomic mass is 19.1. The van der Waals surface area contributed by atoms with Gasteiger partial charge in [0.2, 0.25) is 5.91 Å². The van der Waals surface area contributed by atoms with Crippen LogP contribution in [0.2, 0.25) is 0 Å². The van der Waals surface area contributed by atoms with E-state index in [0.717, 1.165) is 50.6 Å². The van der Waals surface area contributed by atoms with Gasteiger partial charge in [-0.15, -0.1) is 0 Å². The molecule has 2 N–H and O–H groups in total. The quantitative estimate of drug-likeness (QED) is 0.794. The van der Waals surface area contributed by atoms with Gasteiger partial charge in [0, 0.05) is 26.2 Å². The number of nitrogens with zero attached hydrogens (tertiary/aromatic N) is 2. The summed E-state index contributed by atoms with van der Waals surface area (Å²) >= 11 is 0. The molecule has 0 atom stereocenters. The molecule has 0 saturated carbocycles. The number of rotatable bonds is 7. The summed E-state index contributed by atoms with van der Waals surface area (Å²) in [6, 6.07) is 9.55. The lowest BCUT2D eigenvalue weighted by Crippen LogP contribution is -2.39. The van der Waals surface area contributed by atoms with Gasteiger partial charge in [0.15, 0.2) is 0 Å². The summed E-state index contributed by atoms with van der Waals surface area (Å²) in [4.78, 5) is 18.6. The molecule has 1 aliphatic heterocycles. The summed E-state index contributed by atoms with van der Waals surface area (Å²) in [5, 5.41) is 6.07. The molecule has 1 aliphatic rings. The number of aromatic nitrogens is 1. The van der Waals surface area contributed by atoms with Crippen molar-refractivity contribution in [3.05, 3.63) is 54.0 Å². The molecule has 0 aliphatic carbocycles. The summed E-state index contributed by atoms with van der Waals surface area (Å²) in [5.41, 5.74) is 1.67. The van der Waals surface area contributed by atoms with Gasteiger partial charge in [0.25, 0.3) is 0 Å². The lowest BCUT2D eigenvalue weighted by atomic mass is 10.1. The number of hydrogen-bond acceptors (Lipinski definition) is 5. The van der Waals surface area contributed by atoms with Gasteiger partial charge in [-0.25, -0.2) is 9.37 Å². The van der Waals surface area contributed by atoms with E-state index in [4.69, 9.17) is 4.74 Å². The second-order valence-corrected chi connectivity index (χ2v) is 6.16. The van der Waals surface area contributed by atoms with Crippen molar-refractivity contribution < 1.29 is 13.9 Å². The highest BCUT2D eigenvalue weighted by Gasteiger charge is 2.09. The second kappa shape index (κ2) is 9.26. The summed E-state index contributed by atoms with van der Waals surface area (Å²) in [6.45, 7) is 5.33.